The summed E-state index contributed by atoms with van der Waals surface area (Å²) in [6, 6.07) is 0. The number of carbonyl (C=O) groups is 1. The predicted octanol–water partition coefficient (Wildman–Crippen LogP) is 2.14. The molecule has 5 nitrogen and oxygen atoms in total. The number of esters is 1. The van der Waals surface area contributed by atoms with Crippen LogP contribution in [0, 0.1) is 5.41 Å². The SMILES string of the molecule is COC(=O)c1c(N)nsc1N1CCCC(C)(C)C1. The molecule has 100 valence electrons. The quantitative estimate of drug-likeness (QED) is 0.833. The fourth-order valence-electron chi connectivity index (χ4n) is 2.40. The minimum Gasteiger partial charge on any atom is -0.465 e. The summed E-state index contributed by atoms with van der Waals surface area (Å²) in [6.45, 7) is 6.33. The van der Waals surface area contributed by atoms with E-state index >= 15 is 0 Å². The Kier molecular flexibility index (Phi) is 3.47. The first-order chi connectivity index (χ1) is 8.44. The fraction of sp³-hybridized carbons (Fsp3) is 0.667. The molecule has 2 heterocycles. The summed E-state index contributed by atoms with van der Waals surface area (Å²) in [4.78, 5) is 14.0. The molecule has 2 N–H and O–H groups in total. The van der Waals surface area contributed by atoms with E-state index in [0.717, 1.165) is 24.5 Å². The molecule has 18 heavy (non-hydrogen) atoms. The summed E-state index contributed by atoms with van der Waals surface area (Å²) in [7, 11) is 1.36. The number of aromatic nitrogens is 1. The topological polar surface area (TPSA) is 68.5 Å². The number of carbonyl (C=O) groups excluding carboxylic acids is 1. The molecule has 0 bridgehead atoms. The van der Waals surface area contributed by atoms with Crippen LogP contribution in [-0.2, 0) is 4.74 Å². The molecule has 0 atom stereocenters. The summed E-state index contributed by atoms with van der Waals surface area (Å²) in [5.74, 6) is -0.134. The van der Waals surface area contributed by atoms with Crippen LogP contribution in [0.1, 0.15) is 37.0 Å². The van der Waals surface area contributed by atoms with Crippen LogP contribution in [-0.4, -0.2) is 30.5 Å². The smallest absolute Gasteiger partial charge is 0.344 e. The number of nitrogen functional groups attached to an aromatic ring is 1. The highest BCUT2D eigenvalue weighted by Gasteiger charge is 2.31. The van der Waals surface area contributed by atoms with Gasteiger partial charge in [0.25, 0.3) is 0 Å². The predicted molar refractivity (Wildman–Crippen MR) is 73.1 cm³/mol. The molecule has 1 aromatic rings. The van der Waals surface area contributed by atoms with E-state index in [2.05, 4.69) is 23.1 Å². The number of nitrogens with zero attached hydrogens (tertiary/aromatic N) is 2. The lowest BCUT2D eigenvalue weighted by Crippen LogP contribution is -2.40. The number of hydrogen-bond acceptors (Lipinski definition) is 6. The number of anilines is 2. The minimum atomic E-state index is -0.403. The van der Waals surface area contributed by atoms with Crippen molar-refractivity contribution in [1.82, 2.24) is 4.37 Å². The molecule has 0 spiro atoms. The van der Waals surface area contributed by atoms with E-state index < -0.39 is 5.97 Å². The summed E-state index contributed by atoms with van der Waals surface area (Å²) in [5.41, 5.74) is 6.44. The molecule has 0 unspecified atom stereocenters. The van der Waals surface area contributed by atoms with Crippen LogP contribution >= 0.6 is 11.5 Å². The lowest BCUT2D eigenvalue weighted by atomic mass is 9.84. The van der Waals surface area contributed by atoms with Crippen molar-refractivity contribution < 1.29 is 9.53 Å². The van der Waals surface area contributed by atoms with Crippen LogP contribution in [0.4, 0.5) is 10.8 Å². The van der Waals surface area contributed by atoms with Crippen LogP contribution < -0.4 is 10.6 Å². The van der Waals surface area contributed by atoms with Crippen LogP contribution in [0.3, 0.4) is 0 Å². The van der Waals surface area contributed by atoms with Gasteiger partial charge in [-0.2, -0.15) is 4.37 Å². The second-order valence-corrected chi connectivity index (χ2v) is 6.18. The molecule has 0 amide bonds. The first-order valence-electron chi connectivity index (χ1n) is 6.03. The number of ether oxygens (including phenoxy) is 1. The Hall–Kier alpha value is -1.30. The van der Waals surface area contributed by atoms with Crippen molar-refractivity contribution in [3.8, 4) is 0 Å². The molecule has 1 aromatic heterocycles. The number of nitrogens with two attached hydrogens (primary N) is 1. The van der Waals surface area contributed by atoms with E-state index in [9.17, 15) is 4.79 Å². The molecule has 0 saturated carbocycles. The molecule has 1 aliphatic heterocycles. The molecular formula is C12H19N3O2S. The Morgan fingerprint density at radius 3 is 2.89 bits per heavy atom. The molecule has 1 fully saturated rings. The molecular weight excluding hydrogens is 250 g/mol. The van der Waals surface area contributed by atoms with Crippen LogP contribution in [0.15, 0.2) is 0 Å². The van der Waals surface area contributed by atoms with E-state index in [1.165, 1.54) is 25.1 Å². The molecule has 0 aromatic carbocycles. The van der Waals surface area contributed by atoms with Crippen LogP contribution in [0.5, 0.6) is 0 Å². The van der Waals surface area contributed by atoms with Crippen molar-refractivity contribution in [2.24, 2.45) is 5.41 Å². The van der Waals surface area contributed by atoms with Crippen molar-refractivity contribution >= 4 is 28.3 Å². The van der Waals surface area contributed by atoms with Crippen molar-refractivity contribution in [2.45, 2.75) is 26.7 Å². The zero-order valence-corrected chi connectivity index (χ0v) is 11.8. The fourth-order valence-corrected chi connectivity index (χ4v) is 3.23. The average Bonchev–Trinajstić information content (AvgIpc) is 2.69. The normalized spacial score (nSPS) is 18.7. The zero-order valence-electron chi connectivity index (χ0n) is 11.0. The number of rotatable bonds is 2. The molecule has 0 aliphatic carbocycles. The zero-order chi connectivity index (χ0) is 13.3. The van der Waals surface area contributed by atoms with Gasteiger partial charge in [-0.3, -0.25) is 0 Å². The average molecular weight is 269 g/mol. The third-order valence-electron chi connectivity index (χ3n) is 3.28. The minimum absolute atomic E-state index is 0.254. The lowest BCUT2D eigenvalue weighted by molar-refractivity contribution is 0.0602. The van der Waals surface area contributed by atoms with Gasteiger partial charge in [0.2, 0.25) is 0 Å². The van der Waals surface area contributed by atoms with Gasteiger partial charge in [-0.05, 0) is 29.8 Å². The van der Waals surface area contributed by atoms with E-state index in [-0.39, 0.29) is 11.2 Å². The highest BCUT2D eigenvalue weighted by atomic mass is 32.1. The number of hydrogen-bond donors (Lipinski definition) is 1. The summed E-state index contributed by atoms with van der Waals surface area (Å²) in [5, 5.41) is 0.840. The van der Waals surface area contributed by atoms with Crippen molar-refractivity contribution in [2.75, 3.05) is 30.8 Å². The molecule has 0 radical (unpaired) electrons. The van der Waals surface area contributed by atoms with Gasteiger partial charge >= 0.3 is 5.97 Å². The van der Waals surface area contributed by atoms with Crippen molar-refractivity contribution in [3.05, 3.63) is 5.56 Å². The summed E-state index contributed by atoms with van der Waals surface area (Å²) < 4.78 is 8.87. The van der Waals surface area contributed by atoms with Crippen LogP contribution in [0.2, 0.25) is 0 Å². The molecule has 1 saturated heterocycles. The van der Waals surface area contributed by atoms with Crippen molar-refractivity contribution in [1.29, 1.82) is 0 Å². The van der Waals surface area contributed by atoms with Gasteiger partial charge in [0, 0.05) is 13.1 Å². The molecule has 6 heteroatoms. The van der Waals surface area contributed by atoms with E-state index in [4.69, 9.17) is 10.5 Å². The van der Waals surface area contributed by atoms with Gasteiger partial charge in [-0.1, -0.05) is 13.8 Å². The Morgan fingerprint density at radius 2 is 2.28 bits per heavy atom. The maximum atomic E-state index is 11.8. The van der Waals surface area contributed by atoms with Crippen LogP contribution in [0.25, 0.3) is 0 Å². The van der Waals surface area contributed by atoms with E-state index in [1.807, 2.05) is 0 Å². The first kappa shape index (κ1) is 13.1. The second kappa shape index (κ2) is 4.76. The lowest BCUT2D eigenvalue weighted by Gasteiger charge is -2.38. The Bertz CT molecular complexity index is 456. The maximum absolute atomic E-state index is 11.8. The van der Waals surface area contributed by atoms with Gasteiger partial charge in [0.05, 0.1) is 7.11 Å². The Balaban J connectivity index is 2.31. The summed E-state index contributed by atoms with van der Waals surface area (Å²) >= 11 is 1.28. The Labute approximate surface area is 111 Å². The van der Waals surface area contributed by atoms with Gasteiger partial charge in [0.1, 0.15) is 10.6 Å². The van der Waals surface area contributed by atoms with E-state index in [1.54, 1.807) is 0 Å². The van der Waals surface area contributed by atoms with Gasteiger partial charge in [-0.15, -0.1) is 0 Å². The third kappa shape index (κ3) is 2.43. The Morgan fingerprint density at radius 1 is 1.56 bits per heavy atom. The van der Waals surface area contributed by atoms with Gasteiger partial charge in [0.15, 0.2) is 5.82 Å². The van der Waals surface area contributed by atoms with E-state index in [0.29, 0.717) is 5.56 Å². The summed E-state index contributed by atoms with van der Waals surface area (Å²) in [6.07, 6.45) is 2.32. The maximum Gasteiger partial charge on any atom is 0.344 e. The number of methoxy groups -OCH3 is 1. The largest absolute Gasteiger partial charge is 0.465 e. The first-order valence-corrected chi connectivity index (χ1v) is 6.80. The third-order valence-corrected chi connectivity index (χ3v) is 4.20. The molecule has 2 rings (SSSR count). The highest BCUT2D eigenvalue weighted by molar-refractivity contribution is 7.11. The number of piperidine rings is 1. The van der Waals surface area contributed by atoms with Gasteiger partial charge in [-0.25, -0.2) is 4.79 Å². The molecule has 1 aliphatic rings. The monoisotopic (exact) mass is 269 g/mol. The second-order valence-electron chi connectivity index (χ2n) is 5.43. The highest BCUT2D eigenvalue weighted by Crippen LogP contribution is 2.37. The van der Waals surface area contributed by atoms with Gasteiger partial charge < -0.3 is 15.4 Å². The van der Waals surface area contributed by atoms with Crippen molar-refractivity contribution in [3.63, 3.8) is 0 Å². The standard InChI is InChI=1S/C12H19N3O2S/c1-12(2)5-4-6-15(7-12)10-8(11(16)17-3)9(13)14-18-10/h4-7H2,1-3H3,(H2,13,14).